The Balaban J connectivity index is 2.80. The number of nitrogens with zero attached hydrogens (tertiary/aromatic N) is 1. The summed E-state index contributed by atoms with van der Waals surface area (Å²) in [4.78, 5) is 14.4. The third-order valence-corrected chi connectivity index (χ3v) is 2.24. The Bertz CT molecular complexity index is 407. The molecule has 0 amide bonds. The molecular weight excluding hydrogens is 221 g/mol. The molecule has 0 aliphatic heterocycles. The molecule has 1 aromatic rings. The molecule has 1 rings (SSSR count). The molecule has 0 fully saturated rings. The van der Waals surface area contributed by atoms with Crippen LogP contribution in [0.4, 0.5) is 0 Å². The average Bonchev–Trinajstić information content (AvgIpc) is 2.34. The van der Waals surface area contributed by atoms with Crippen LogP contribution in [0.3, 0.4) is 0 Å². The number of aliphatic carboxylic acids is 1. The van der Waals surface area contributed by atoms with Crippen LogP contribution < -0.4 is 0 Å². The van der Waals surface area contributed by atoms with Crippen molar-refractivity contribution in [2.24, 2.45) is 4.99 Å². The van der Waals surface area contributed by atoms with Gasteiger partial charge in [-0.15, -0.1) is 0 Å². The van der Waals surface area contributed by atoms with Gasteiger partial charge in [-0.2, -0.15) is 0 Å². The number of carboxylic acid groups (broad SMARTS) is 1. The van der Waals surface area contributed by atoms with Crippen molar-refractivity contribution in [3.8, 4) is 0 Å². The minimum atomic E-state index is -1.62. The molecule has 0 aliphatic carbocycles. The monoisotopic (exact) mass is 233 g/mol. The molecule has 0 bridgehead atoms. The Morgan fingerprint density at radius 1 is 1.41 bits per heavy atom. The van der Waals surface area contributed by atoms with Crippen LogP contribution in [0.2, 0.25) is 0 Å². The van der Waals surface area contributed by atoms with E-state index in [0.717, 1.165) is 11.7 Å². The van der Waals surface area contributed by atoms with Crippen molar-refractivity contribution < 1.29 is 19.7 Å². The van der Waals surface area contributed by atoms with E-state index < -0.39 is 18.1 Å². The summed E-state index contributed by atoms with van der Waals surface area (Å²) < 4.78 is 10.2. The third-order valence-electron chi connectivity index (χ3n) is 2.24. The molecule has 2 atom stereocenters. The summed E-state index contributed by atoms with van der Waals surface area (Å²) in [5.41, 5.74) is 0.848. The second kappa shape index (κ2) is 6.70. The van der Waals surface area contributed by atoms with Crippen LogP contribution in [0, 0.1) is 0 Å². The first-order chi connectivity index (χ1) is 8.15. The van der Waals surface area contributed by atoms with E-state index in [9.17, 15) is 14.6 Å². The topological polar surface area (TPSA) is 87.0 Å². The van der Waals surface area contributed by atoms with E-state index in [2.05, 4.69) is 4.99 Å². The van der Waals surface area contributed by atoms with Crippen molar-refractivity contribution in [1.82, 2.24) is 0 Å². The van der Waals surface area contributed by atoms with Gasteiger partial charge in [0.05, 0.1) is 0 Å². The molecule has 0 aromatic heterocycles. The second-order valence-electron chi connectivity index (χ2n) is 3.47. The summed E-state index contributed by atoms with van der Waals surface area (Å²) in [6, 6.07) is 8.20. The fraction of sp³-hybridized carbons (Fsp3) is 0.273. The first-order valence-electron chi connectivity index (χ1n) is 5.07. The number of carboxylic acids is 1. The van der Waals surface area contributed by atoms with Crippen molar-refractivity contribution in [2.75, 3.05) is 0 Å². The van der Waals surface area contributed by atoms with Crippen LogP contribution in [0.1, 0.15) is 5.56 Å². The van der Waals surface area contributed by atoms with Crippen LogP contribution in [0.25, 0.3) is 0 Å². The van der Waals surface area contributed by atoms with Gasteiger partial charge in [-0.25, -0.2) is 0 Å². The number of hydrogen-bond donors (Lipinski definition) is 2. The van der Waals surface area contributed by atoms with Gasteiger partial charge in [-0.05, 0) is 0 Å². The first kappa shape index (κ1) is 13.3. The van der Waals surface area contributed by atoms with Crippen LogP contribution >= 0.6 is 0 Å². The van der Waals surface area contributed by atoms with Gasteiger partial charge in [0.25, 0.3) is 0 Å². The number of aliphatic hydroxyl groups excluding tert-OH is 1. The molecule has 17 heavy (non-hydrogen) atoms. The maximum absolute atomic E-state index is 10.7. The SMILES string of the molecule is O=B/C=N\[C@@H](Cc1ccccc1)[C@H](O)C(=O)O. The van der Waals surface area contributed by atoms with Gasteiger partial charge in [-0.3, -0.25) is 0 Å². The Kier molecular flexibility index (Phi) is 5.22. The summed E-state index contributed by atoms with van der Waals surface area (Å²) in [6.45, 7) is 0. The molecule has 0 heterocycles. The van der Waals surface area contributed by atoms with Crippen molar-refractivity contribution in [2.45, 2.75) is 18.6 Å². The van der Waals surface area contributed by atoms with Gasteiger partial charge >= 0.3 is 98.4 Å². The molecule has 0 saturated carbocycles. The van der Waals surface area contributed by atoms with E-state index in [4.69, 9.17) is 5.11 Å². The van der Waals surface area contributed by atoms with Gasteiger partial charge in [0, 0.05) is 0 Å². The zero-order chi connectivity index (χ0) is 12.7. The zero-order valence-corrected chi connectivity index (χ0v) is 9.06. The van der Waals surface area contributed by atoms with E-state index in [1.807, 2.05) is 18.2 Å². The summed E-state index contributed by atoms with van der Waals surface area (Å²) in [5, 5.41) is 18.2. The Morgan fingerprint density at radius 2 is 2.06 bits per heavy atom. The van der Waals surface area contributed by atoms with Crippen LogP contribution in [-0.2, 0) is 15.9 Å². The fourth-order valence-electron chi connectivity index (χ4n) is 1.41. The van der Waals surface area contributed by atoms with Gasteiger partial charge in [0.2, 0.25) is 0 Å². The molecule has 0 unspecified atom stereocenters. The van der Waals surface area contributed by atoms with Crippen LogP contribution in [0.5, 0.6) is 0 Å². The minimum absolute atomic E-state index is 0.263. The number of rotatable bonds is 6. The number of aliphatic imine (C=N–C) groups is 1. The average molecular weight is 233 g/mol. The van der Waals surface area contributed by atoms with Crippen molar-refractivity contribution in [1.29, 1.82) is 0 Å². The molecule has 5 nitrogen and oxygen atoms in total. The molecule has 6 heteroatoms. The zero-order valence-electron chi connectivity index (χ0n) is 9.06. The third kappa shape index (κ3) is 4.28. The van der Waals surface area contributed by atoms with Gasteiger partial charge < -0.3 is 0 Å². The van der Waals surface area contributed by atoms with E-state index in [1.54, 1.807) is 12.1 Å². The first-order valence-corrected chi connectivity index (χ1v) is 5.07. The van der Waals surface area contributed by atoms with Gasteiger partial charge in [0.15, 0.2) is 0 Å². The molecule has 88 valence electrons. The number of hydrogen-bond acceptors (Lipinski definition) is 4. The second-order valence-corrected chi connectivity index (χ2v) is 3.47. The van der Waals surface area contributed by atoms with E-state index in [-0.39, 0.29) is 6.42 Å². The van der Waals surface area contributed by atoms with Crippen molar-refractivity contribution in [3.05, 3.63) is 35.9 Å². The predicted octanol–water partition coefficient (Wildman–Crippen LogP) is 0.121. The molecule has 0 radical (unpaired) electrons. The van der Waals surface area contributed by atoms with Gasteiger partial charge in [-0.1, -0.05) is 0 Å². The molecule has 2 N–H and O–H groups in total. The van der Waals surface area contributed by atoms with E-state index >= 15 is 0 Å². The van der Waals surface area contributed by atoms with E-state index in [0.29, 0.717) is 7.15 Å². The number of benzene rings is 1. The van der Waals surface area contributed by atoms with Crippen molar-refractivity contribution >= 4 is 19.2 Å². The van der Waals surface area contributed by atoms with Crippen molar-refractivity contribution in [3.63, 3.8) is 0 Å². The summed E-state index contributed by atoms with van der Waals surface area (Å²) >= 11 is 0. The molecule has 0 aliphatic rings. The standard InChI is InChI=1S/C11H12BNO4/c14-10(11(15)16)9(13-7-12-17)6-8-4-2-1-3-5-8/h1-5,7,9-10,14H,6H2,(H,15,16)/b13-7-/t9-,10-/m0/s1. The predicted molar refractivity (Wildman–Crippen MR) is 62.5 cm³/mol. The fourth-order valence-corrected chi connectivity index (χ4v) is 1.41. The molecule has 1 aromatic carbocycles. The van der Waals surface area contributed by atoms with Crippen LogP contribution in [0.15, 0.2) is 35.3 Å². The maximum atomic E-state index is 10.7. The normalized spacial score (nSPS) is 14.2. The molecular formula is C11H12BNO4. The van der Waals surface area contributed by atoms with Crippen LogP contribution in [-0.4, -0.2) is 41.6 Å². The summed E-state index contributed by atoms with van der Waals surface area (Å²) in [6.07, 6.45) is -0.398. The summed E-state index contributed by atoms with van der Waals surface area (Å²) in [5.74, 6) is -1.35. The Morgan fingerprint density at radius 3 is 2.59 bits per heavy atom. The Hall–Kier alpha value is -1.82. The molecule has 0 saturated heterocycles. The quantitative estimate of drug-likeness (QED) is 0.539. The van der Waals surface area contributed by atoms with E-state index in [1.165, 1.54) is 0 Å². The molecule has 0 spiro atoms. The Labute approximate surface area is 99.1 Å². The van der Waals surface area contributed by atoms with Gasteiger partial charge in [0.1, 0.15) is 0 Å². The number of carbonyl (C=O) groups is 1. The summed E-state index contributed by atoms with van der Waals surface area (Å²) in [7, 11) is 0.451. The number of aliphatic hydroxyl groups is 1.